The lowest BCUT2D eigenvalue weighted by atomic mass is 11.2. The maximum absolute atomic E-state index is 2.24. The minimum Gasteiger partial charge on any atom is -0.101 e. The molecular weight excluding hydrogens is 361 g/mol. The van der Waals surface area contributed by atoms with Crippen molar-refractivity contribution in [2.24, 2.45) is 0 Å². The normalized spacial score (nSPS) is 35.1. The van der Waals surface area contributed by atoms with E-state index in [1.54, 1.807) is 47.0 Å². The summed E-state index contributed by atoms with van der Waals surface area (Å²) in [5.74, 6) is 0. The van der Waals surface area contributed by atoms with Gasteiger partial charge in [0.25, 0.3) is 0 Å². The molecular formula is C14H18S6+2. The van der Waals surface area contributed by atoms with Crippen molar-refractivity contribution in [1.29, 1.82) is 0 Å². The predicted octanol–water partition coefficient (Wildman–Crippen LogP) is 6.26. The first kappa shape index (κ1) is 18.6. The van der Waals surface area contributed by atoms with Gasteiger partial charge in [0.05, 0.1) is 0 Å². The summed E-state index contributed by atoms with van der Waals surface area (Å²) in [4.78, 5) is 0. The molecule has 0 fully saturated rings. The molecule has 0 amide bonds. The lowest BCUT2D eigenvalue weighted by molar-refractivity contribution is 2.29. The molecule has 20 heavy (non-hydrogen) atoms. The van der Waals surface area contributed by atoms with E-state index in [4.69, 9.17) is 0 Å². The lowest BCUT2D eigenvalue weighted by Gasteiger charge is -1.88. The minimum absolute atomic E-state index is 0.209. The molecule has 0 unspecified atom stereocenters. The van der Waals surface area contributed by atoms with Crippen LogP contribution in [0.4, 0.5) is 0 Å². The Morgan fingerprint density at radius 3 is 0.950 bits per heavy atom. The molecule has 0 spiro atoms. The third kappa shape index (κ3) is 11.2. The third-order valence-electron chi connectivity index (χ3n) is 1.82. The average Bonchev–Trinajstić information content (AvgIpc) is 2.43. The van der Waals surface area contributed by atoms with E-state index in [0.29, 0.717) is 0 Å². The molecule has 0 radical (unpaired) electrons. The van der Waals surface area contributed by atoms with Gasteiger partial charge in [-0.15, -0.1) is 47.0 Å². The number of thioether (sulfide) groups is 4. The van der Waals surface area contributed by atoms with Crippen molar-refractivity contribution in [1.82, 2.24) is 0 Å². The Morgan fingerprint density at radius 1 is 0.450 bits per heavy atom. The minimum atomic E-state index is 0.209. The Kier molecular flexibility index (Phi) is 12.3. The second-order valence-electron chi connectivity index (χ2n) is 3.39. The van der Waals surface area contributed by atoms with Gasteiger partial charge in [-0.2, -0.15) is 0 Å². The van der Waals surface area contributed by atoms with Crippen LogP contribution < -0.4 is 0 Å². The van der Waals surface area contributed by atoms with Gasteiger partial charge in [0.2, 0.25) is 0 Å². The first-order chi connectivity index (χ1) is 9.79. The Bertz CT molecular complexity index is 343. The molecule has 108 valence electrons. The molecule has 0 saturated carbocycles. The zero-order valence-corrected chi connectivity index (χ0v) is 16.3. The molecule has 0 aromatic rings. The topological polar surface area (TPSA) is 0 Å². The Balaban J connectivity index is 2.57. The van der Waals surface area contributed by atoms with Crippen LogP contribution in [-0.2, 0) is 21.8 Å². The standard InChI is InChI=1S/C14H18S6/c1-19-11-7-15-3-5-17-9-13-20(2)14-10-18-6-4-16-8-12-19/h3-14H,1-2H3/q+2/b5-3-,6-4-,11-7-,12-8-,13-9-,14-10-. The highest BCUT2D eigenvalue weighted by Crippen LogP contribution is 2.16. The highest BCUT2D eigenvalue weighted by atomic mass is 32.2. The summed E-state index contributed by atoms with van der Waals surface area (Å²) in [7, 11) is 0.419. The summed E-state index contributed by atoms with van der Waals surface area (Å²) in [6.07, 6.45) is 4.44. The molecule has 6 heteroatoms. The summed E-state index contributed by atoms with van der Waals surface area (Å²) >= 11 is 6.89. The maximum Gasteiger partial charge on any atom is 0.130 e. The van der Waals surface area contributed by atoms with E-state index in [2.05, 4.69) is 77.4 Å². The second kappa shape index (κ2) is 13.2. The predicted molar refractivity (Wildman–Crippen MR) is 112 cm³/mol. The second-order valence-corrected chi connectivity index (χ2v) is 10.2. The zero-order valence-electron chi connectivity index (χ0n) is 11.4. The van der Waals surface area contributed by atoms with E-state index in [-0.39, 0.29) is 21.8 Å². The first-order valence-electron chi connectivity index (χ1n) is 5.64. The zero-order chi connectivity index (χ0) is 14.5. The molecule has 1 heterocycles. The van der Waals surface area contributed by atoms with Gasteiger partial charge in [-0.3, -0.25) is 0 Å². The summed E-state index contributed by atoms with van der Waals surface area (Å²) in [5, 5.41) is 26.0. The molecule has 1 rings (SSSR count). The molecule has 0 aromatic carbocycles. The van der Waals surface area contributed by atoms with Crippen molar-refractivity contribution in [3.63, 3.8) is 0 Å². The Morgan fingerprint density at radius 2 is 0.700 bits per heavy atom. The van der Waals surface area contributed by atoms with Crippen LogP contribution in [0.2, 0.25) is 0 Å². The van der Waals surface area contributed by atoms with Crippen molar-refractivity contribution in [2.75, 3.05) is 12.5 Å². The number of rotatable bonds is 0. The molecule has 1 aliphatic rings. The quantitative estimate of drug-likeness (QED) is 0.456. The fourth-order valence-corrected chi connectivity index (χ4v) is 6.28. The van der Waals surface area contributed by atoms with Gasteiger partial charge in [0.1, 0.15) is 34.1 Å². The average molecular weight is 379 g/mol. The monoisotopic (exact) mass is 378 g/mol. The van der Waals surface area contributed by atoms with E-state index < -0.39 is 0 Å². The van der Waals surface area contributed by atoms with Crippen LogP contribution in [-0.4, -0.2) is 12.5 Å². The summed E-state index contributed by atoms with van der Waals surface area (Å²) in [5.41, 5.74) is 0. The van der Waals surface area contributed by atoms with Crippen LogP contribution in [0.25, 0.3) is 0 Å². The van der Waals surface area contributed by atoms with E-state index in [0.717, 1.165) is 0 Å². The first-order valence-corrected chi connectivity index (χ1v) is 12.9. The van der Waals surface area contributed by atoms with Gasteiger partial charge < -0.3 is 0 Å². The molecule has 0 atom stereocenters. The molecule has 0 aliphatic carbocycles. The maximum atomic E-state index is 2.24. The molecule has 0 bridgehead atoms. The summed E-state index contributed by atoms with van der Waals surface area (Å²) < 4.78 is 0. The lowest BCUT2D eigenvalue weighted by Crippen LogP contribution is -1.84. The Hall–Kier alpha value is 0.540. The van der Waals surface area contributed by atoms with E-state index in [1.807, 2.05) is 0 Å². The molecule has 0 aromatic heterocycles. The molecule has 0 N–H and O–H groups in total. The van der Waals surface area contributed by atoms with Crippen LogP contribution in [0, 0.1) is 0 Å². The molecule has 1 aliphatic heterocycles. The van der Waals surface area contributed by atoms with Crippen molar-refractivity contribution >= 4 is 68.8 Å². The van der Waals surface area contributed by atoms with Gasteiger partial charge in [-0.05, 0) is 21.6 Å². The van der Waals surface area contributed by atoms with Gasteiger partial charge in [-0.25, -0.2) is 0 Å². The highest BCUT2D eigenvalue weighted by molar-refractivity contribution is 8.11. The van der Waals surface area contributed by atoms with Crippen LogP contribution in [0.1, 0.15) is 0 Å². The SMILES string of the molecule is C[S+]1/C=C\S/C=C\S/C=C\[S+](C)/C=C\S/C=C\S/C=C\1. The Labute approximate surface area is 145 Å². The van der Waals surface area contributed by atoms with Crippen LogP contribution in [0.15, 0.2) is 64.9 Å². The van der Waals surface area contributed by atoms with Gasteiger partial charge in [-0.1, -0.05) is 0 Å². The van der Waals surface area contributed by atoms with Crippen molar-refractivity contribution < 1.29 is 0 Å². The van der Waals surface area contributed by atoms with E-state index >= 15 is 0 Å². The van der Waals surface area contributed by atoms with Crippen molar-refractivity contribution in [3.05, 3.63) is 64.9 Å². The van der Waals surface area contributed by atoms with Gasteiger partial charge in [0, 0.05) is 43.4 Å². The fraction of sp³-hybridized carbons (Fsp3) is 0.143. The summed E-state index contributed by atoms with van der Waals surface area (Å²) in [6, 6.07) is 0. The smallest absolute Gasteiger partial charge is 0.101 e. The molecule has 0 nitrogen and oxygen atoms in total. The van der Waals surface area contributed by atoms with Crippen LogP contribution in [0.3, 0.4) is 0 Å². The van der Waals surface area contributed by atoms with Crippen LogP contribution in [0.5, 0.6) is 0 Å². The van der Waals surface area contributed by atoms with E-state index in [9.17, 15) is 0 Å². The fourth-order valence-electron chi connectivity index (χ4n) is 0.879. The van der Waals surface area contributed by atoms with Crippen LogP contribution >= 0.6 is 47.0 Å². The van der Waals surface area contributed by atoms with Crippen molar-refractivity contribution in [3.8, 4) is 0 Å². The highest BCUT2D eigenvalue weighted by Gasteiger charge is 1.99. The number of hydrogen-bond donors (Lipinski definition) is 0. The van der Waals surface area contributed by atoms with Gasteiger partial charge >= 0.3 is 0 Å². The summed E-state index contributed by atoms with van der Waals surface area (Å²) in [6.45, 7) is 0. The van der Waals surface area contributed by atoms with Crippen molar-refractivity contribution in [2.45, 2.75) is 0 Å². The van der Waals surface area contributed by atoms with E-state index in [1.165, 1.54) is 0 Å². The third-order valence-corrected chi connectivity index (χ3v) is 7.46. The largest absolute Gasteiger partial charge is 0.130 e. The molecule has 0 saturated heterocycles. The van der Waals surface area contributed by atoms with Gasteiger partial charge in [0.15, 0.2) is 0 Å². The number of hydrogen-bond acceptors (Lipinski definition) is 4.